The van der Waals surface area contributed by atoms with Gasteiger partial charge in [-0.05, 0) is 54.7 Å². The van der Waals surface area contributed by atoms with Gasteiger partial charge in [-0.3, -0.25) is 4.79 Å². The number of carbonyl (C=O) groups is 1. The summed E-state index contributed by atoms with van der Waals surface area (Å²) in [4.78, 5) is 13.5. The van der Waals surface area contributed by atoms with Gasteiger partial charge in [-0.25, -0.2) is 0 Å². The summed E-state index contributed by atoms with van der Waals surface area (Å²) in [7, 11) is 0. The second-order valence-corrected chi connectivity index (χ2v) is 6.69. The molecule has 1 heterocycles. The van der Waals surface area contributed by atoms with Crippen molar-refractivity contribution in [3.8, 4) is 5.69 Å². The van der Waals surface area contributed by atoms with E-state index in [1.54, 1.807) is 4.80 Å². The van der Waals surface area contributed by atoms with Crippen LogP contribution in [0, 0.1) is 6.92 Å². The molecule has 0 saturated heterocycles. The molecule has 0 saturated carbocycles. The van der Waals surface area contributed by atoms with E-state index in [1.165, 1.54) is 5.56 Å². The molecule has 0 radical (unpaired) electrons. The SMILES string of the molecule is CCCC(=O)Nc1cc2nn(-c3ccc(C(C)C)cc3)nc2cc1C. The van der Waals surface area contributed by atoms with E-state index in [9.17, 15) is 4.79 Å². The molecule has 3 aromatic rings. The molecule has 1 aromatic heterocycles. The van der Waals surface area contributed by atoms with Crippen LogP contribution in [0.25, 0.3) is 16.7 Å². The molecular weight excluding hydrogens is 312 g/mol. The first kappa shape index (κ1) is 17.1. The molecule has 130 valence electrons. The van der Waals surface area contributed by atoms with Gasteiger partial charge < -0.3 is 5.32 Å². The van der Waals surface area contributed by atoms with Crippen LogP contribution in [0.3, 0.4) is 0 Å². The molecule has 0 fully saturated rings. The fourth-order valence-electron chi connectivity index (χ4n) is 2.75. The second-order valence-electron chi connectivity index (χ2n) is 6.69. The minimum atomic E-state index is 0.0293. The number of carbonyl (C=O) groups excluding carboxylic acids is 1. The first-order valence-corrected chi connectivity index (χ1v) is 8.76. The predicted octanol–water partition coefficient (Wildman–Crippen LogP) is 4.59. The maximum atomic E-state index is 11.9. The van der Waals surface area contributed by atoms with E-state index in [1.807, 2.05) is 38.1 Å². The summed E-state index contributed by atoms with van der Waals surface area (Å²) >= 11 is 0. The lowest BCUT2D eigenvalue weighted by atomic mass is 10.0. The Morgan fingerprint density at radius 2 is 1.76 bits per heavy atom. The van der Waals surface area contributed by atoms with Gasteiger partial charge >= 0.3 is 0 Å². The zero-order valence-electron chi connectivity index (χ0n) is 15.2. The lowest BCUT2D eigenvalue weighted by Crippen LogP contribution is -2.11. The fraction of sp³-hybridized carbons (Fsp3) is 0.350. The highest BCUT2D eigenvalue weighted by atomic mass is 16.1. The number of hydrogen-bond donors (Lipinski definition) is 1. The Morgan fingerprint density at radius 3 is 2.36 bits per heavy atom. The van der Waals surface area contributed by atoms with Gasteiger partial charge in [0.1, 0.15) is 11.0 Å². The van der Waals surface area contributed by atoms with Crippen molar-refractivity contribution in [2.75, 3.05) is 5.32 Å². The number of fused-ring (bicyclic) bond motifs is 1. The largest absolute Gasteiger partial charge is 0.326 e. The summed E-state index contributed by atoms with van der Waals surface area (Å²) in [5, 5.41) is 12.1. The highest BCUT2D eigenvalue weighted by molar-refractivity contribution is 5.94. The number of hydrogen-bond acceptors (Lipinski definition) is 3. The fourth-order valence-corrected chi connectivity index (χ4v) is 2.75. The van der Waals surface area contributed by atoms with Crippen molar-refractivity contribution in [2.24, 2.45) is 0 Å². The van der Waals surface area contributed by atoms with Crippen LogP contribution in [0.2, 0.25) is 0 Å². The van der Waals surface area contributed by atoms with Crippen molar-refractivity contribution in [3.63, 3.8) is 0 Å². The van der Waals surface area contributed by atoms with Crippen molar-refractivity contribution < 1.29 is 4.79 Å². The van der Waals surface area contributed by atoms with Gasteiger partial charge in [0, 0.05) is 12.1 Å². The first-order valence-electron chi connectivity index (χ1n) is 8.76. The lowest BCUT2D eigenvalue weighted by molar-refractivity contribution is -0.116. The van der Waals surface area contributed by atoms with Gasteiger partial charge in [-0.15, -0.1) is 10.2 Å². The van der Waals surface area contributed by atoms with Crippen LogP contribution in [-0.2, 0) is 4.79 Å². The van der Waals surface area contributed by atoms with Crippen LogP contribution in [0.5, 0.6) is 0 Å². The van der Waals surface area contributed by atoms with E-state index < -0.39 is 0 Å². The molecular formula is C20H24N4O. The van der Waals surface area contributed by atoms with Gasteiger partial charge in [-0.1, -0.05) is 32.9 Å². The van der Waals surface area contributed by atoms with E-state index in [0.29, 0.717) is 12.3 Å². The van der Waals surface area contributed by atoms with Crippen LogP contribution in [-0.4, -0.2) is 20.9 Å². The van der Waals surface area contributed by atoms with Crippen LogP contribution in [0.15, 0.2) is 36.4 Å². The smallest absolute Gasteiger partial charge is 0.224 e. The third-order valence-corrected chi connectivity index (χ3v) is 4.27. The van der Waals surface area contributed by atoms with E-state index in [4.69, 9.17) is 0 Å². The quantitative estimate of drug-likeness (QED) is 0.741. The molecule has 25 heavy (non-hydrogen) atoms. The summed E-state index contributed by atoms with van der Waals surface area (Å²) in [5.74, 6) is 0.525. The average Bonchev–Trinajstić information content (AvgIpc) is 2.98. The normalized spacial score (nSPS) is 11.2. The maximum Gasteiger partial charge on any atom is 0.224 e. The van der Waals surface area contributed by atoms with Crippen LogP contribution < -0.4 is 5.32 Å². The van der Waals surface area contributed by atoms with E-state index in [2.05, 4.69) is 41.5 Å². The summed E-state index contributed by atoms with van der Waals surface area (Å²) in [6, 6.07) is 12.1. The summed E-state index contributed by atoms with van der Waals surface area (Å²) < 4.78 is 0. The molecule has 1 N–H and O–H groups in total. The number of amides is 1. The molecule has 1 amide bonds. The zero-order valence-corrected chi connectivity index (χ0v) is 15.2. The molecule has 0 unspecified atom stereocenters. The standard InChI is InChI=1S/C20H24N4O/c1-5-6-20(25)21-17-12-19-18(11-14(17)4)22-24(23-19)16-9-7-15(8-10-16)13(2)3/h7-13H,5-6H2,1-4H3,(H,21,25). The number of nitrogens with zero attached hydrogens (tertiary/aromatic N) is 3. The molecule has 0 aliphatic rings. The Kier molecular flexibility index (Phi) is 4.83. The molecule has 5 heteroatoms. The lowest BCUT2D eigenvalue weighted by Gasteiger charge is -2.07. The van der Waals surface area contributed by atoms with Crippen LogP contribution in [0.1, 0.15) is 50.7 Å². The number of anilines is 1. The van der Waals surface area contributed by atoms with E-state index >= 15 is 0 Å². The summed E-state index contributed by atoms with van der Waals surface area (Å²) in [5.41, 5.74) is 5.59. The number of benzene rings is 2. The Bertz CT molecular complexity index is 894. The van der Waals surface area contributed by atoms with Gasteiger partial charge in [0.15, 0.2) is 0 Å². The Labute approximate surface area is 148 Å². The van der Waals surface area contributed by atoms with Gasteiger partial charge in [0.05, 0.1) is 5.69 Å². The van der Waals surface area contributed by atoms with Crippen molar-refractivity contribution >= 4 is 22.6 Å². The highest BCUT2D eigenvalue weighted by Gasteiger charge is 2.10. The Morgan fingerprint density at radius 1 is 1.12 bits per heavy atom. The van der Waals surface area contributed by atoms with E-state index in [-0.39, 0.29) is 5.91 Å². The van der Waals surface area contributed by atoms with Gasteiger partial charge in [-0.2, -0.15) is 4.80 Å². The van der Waals surface area contributed by atoms with Gasteiger partial charge in [0.2, 0.25) is 5.91 Å². The van der Waals surface area contributed by atoms with Crippen molar-refractivity contribution in [1.82, 2.24) is 15.0 Å². The Hall–Kier alpha value is -2.69. The third kappa shape index (κ3) is 3.71. The van der Waals surface area contributed by atoms with E-state index in [0.717, 1.165) is 34.4 Å². The van der Waals surface area contributed by atoms with Crippen LogP contribution >= 0.6 is 0 Å². The minimum Gasteiger partial charge on any atom is -0.326 e. The summed E-state index contributed by atoms with van der Waals surface area (Å²) in [6.07, 6.45) is 1.35. The van der Waals surface area contributed by atoms with Crippen molar-refractivity contribution in [2.45, 2.75) is 46.5 Å². The number of aryl methyl sites for hydroxylation is 1. The Balaban J connectivity index is 1.93. The monoisotopic (exact) mass is 336 g/mol. The molecule has 2 aromatic carbocycles. The molecule has 0 bridgehead atoms. The maximum absolute atomic E-state index is 11.9. The molecule has 0 aliphatic carbocycles. The minimum absolute atomic E-state index is 0.0293. The average molecular weight is 336 g/mol. The molecule has 0 aliphatic heterocycles. The highest BCUT2D eigenvalue weighted by Crippen LogP contribution is 2.23. The summed E-state index contributed by atoms with van der Waals surface area (Å²) in [6.45, 7) is 8.31. The number of nitrogens with one attached hydrogen (secondary N) is 1. The number of aromatic nitrogens is 3. The van der Waals surface area contributed by atoms with Crippen molar-refractivity contribution in [3.05, 3.63) is 47.5 Å². The molecule has 3 rings (SSSR count). The third-order valence-electron chi connectivity index (χ3n) is 4.27. The zero-order chi connectivity index (χ0) is 18.0. The number of rotatable bonds is 5. The van der Waals surface area contributed by atoms with Gasteiger partial charge in [0.25, 0.3) is 0 Å². The molecule has 0 atom stereocenters. The molecule has 0 spiro atoms. The van der Waals surface area contributed by atoms with Crippen LogP contribution in [0.4, 0.5) is 5.69 Å². The molecule has 5 nitrogen and oxygen atoms in total. The predicted molar refractivity (Wildman–Crippen MR) is 101 cm³/mol. The van der Waals surface area contributed by atoms with Crippen molar-refractivity contribution in [1.29, 1.82) is 0 Å². The second kappa shape index (κ2) is 7.05. The first-order chi connectivity index (χ1) is 12.0. The topological polar surface area (TPSA) is 59.8 Å².